The number of rotatable bonds is 3. The molecule has 0 bridgehead atoms. The summed E-state index contributed by atoms with van der Waals surface area (Å²) in [5.74, 6) is -0.125. The molecule has 128 valence electrons. The molecule has 0 atom stereocenters. The maximum Gasteiger partial charge on any atom is 0.160 e. The van der Waals surface area contributed by atoms with E-state index >= 15 is 0 Å². The van der Waals surface area contributed by atoms with Gasteiger partial charge in [-0.05, 0) is 72.7 Å². The molecule has 1 aromatic carbocycles. The van der Waals surface area contributed by atoms with Gasteiger partial charge >= 0.3 is 0 Å². The second-order valence-electron chi connectivity index (χ2n) is 7.05. The molecule has 0 unspecified atom stereocenters. The number of nitrogens with zero attached hydrogens (tertiary/aromatic N) is 1. The van der Waals surface area contributed by atoms with Gasteiger partial charge in [0.15, 0.2) is 5.82 Å². The summed E-state index contributed by atoms with van der Waals surface area (Å²) in [6.07, 6.45) is 9.25. The van der Waals surface area contributed by atoms with Crippen LogP contribution in [-0.2, 0) is 4.74 Å². The van der Waals surface area contributed by atoms with Crippen LogP contribution in [0.2, 0.25) is 0 Å². The van der Waals surface area contributed by atoms with Crippen LogP contribution in [0, 0.1) is 19.7 Å². The zero-order valence-electron chi connectivity index (χ0n) is 14.2. The van der Waals surface area contributed by atoms with E-state index in [1.54, 1.807) is 0 Å². The fraction of sp³-hybridized carbons (Fsp3) is 0.684. The molecule has 0 aromatic heterocycles. The lowest BCUT2D eigenvalue weighted by molar-refractivity contribution is -0.0395. The van der Waals surface area contributed by atoms with Gasteiger partial charge in [0.2, 0.25) is 0 Å². The number of hydrogen-bond acceptors (Lipinski definition) is 2. The maximum absolute atomic E-state index is 14.6. The molecule has 1 heterocycles. The molecule has 0 N–H and O–H groups in total. The van der Waals surface area contributed by atoms with Gasteiger partial charge in [0.1, 0.15) is 0 Å². The topological polar surface area (TPSA) is 12.5 Å². The highest BCUT2D eigenvalue weighted by Gasteiger charge is 2.26. The Morgan fingerprint density at radius 2 is 1.65 bits per heavy atom. The predicted molar refractivity (Wildman–Crippen MR) is 96.8 cm³/mol. The molecule has 4 heteroatoms. The summed E-state index contributed by atoms with van der Waals surface area (Å²) in [5, 5.41) is 0. The summed E-state index contributed by atoms with van der Waals surface area (Å²) in [5.41, 5.74) is 2.85. The minimum absolute atomic E-state index is 0.125. The van der Waals surface area contributed by atoms with E-state index in [-0.39, 0.29) is 5.82 Å². The average molecular weight is 384 g/mol. The Kier molecular flexibility index (Phi) is 5.63. The molecular weight excluding hydrogens is 357 g/mol. The summed E-state index contributed by atoms with van der Waals surface area (Å²) in [4.78, 5) is 2.17. The second kappa shape index (κ2) is 7.52. The third-order valence-corrected chi connectivity index (χ3v) is 6.35. The van der Waals surface area contributed by atoms with Crippen molar-refractivity contribution >= 4 is 21.6 Å². The Labute approximate surface area is 147 Å². The first kappa shape index (κ1) is 17.2. The molecule has 2 fully saturated rings. The van der Waals surface area contributed by atoms with Crippen LogP contribution in [0.1, 0.15) is 56.1 Å². The van der Waals surface area contributed by atoms with Crippen LogP contribution in [0.15, 0.2) is 10.5 Å². The van der Waals surface area contributed by atoms with Crippen molar-refractivity contribution in [3.63, 3.8) is 0 Å². The quantitative estimate of drug-likeness (QED) is 0.680. The number of halogens is 2. The first-order valence-electron chi connectivity index (χ1n) is 8.92. The van der Waals surface area contributed by atoms with Crippen molar-refractivity contribution < 1.29 is 9.13 Å². The fourth-order valence-electron chi connectivity index (χ4n) is 3.76. The van der Waals surface area contributed by atoms with Gasteiger partial charge in [-0.1, -0.05) is 19.3 Å². The van der Waals surface area contributed by atoms with E-state index in [0.29, 0.717) is 16.7 Å². The standard InChI is InChI=1S/C19H27BrFNO/c1-13-12-17(19(21)18(20)14(13)2)22-10-8-16(9-11-22)23-15-6-4-3-5-7-15/h12,15-16H,3-11H2,1-2H3. The molecule has 1 aliphatic carbocycles. The number of anilines is 1. The molecule has 23 heavy (non-hydrogen) atoms. The van der Waals surface area contributed by atoms with Crippen molar-refractivity contribution in [1.82, 2.24) is 0 Å². The average Bonchev–Trinajstić information content (AvgIpc) is 2.58. The molecule has 2 aliphatic rings. The number of piperidine rings is 1. The van der Waals surface area contributed by atoms with Gasteiger partial charge in [-0.2, -0.15) is 0 Å². The van der Waals surface area contributed by atoms with Gasteiger partial charge in [0.05, 0.1) is 22.4 Å². The maximum atomic E-state index is 14.6. The van der Waals surface area contributed by atoms with Crippen LogP contribution >= 0.6 is 15.9 Å². The summed E-state index contributed by atoms with van der Waals surface area (Å²) in [6.45, 7) is 5.75. The Morgan fingerprint density at radius 3 is 2.30 bits per heavy atom. The lowest BCUT2D eigenvalue weighted by Crippen LogP contribution is -2.39. The van der Waals surface area contributed by atoms with Gasteiger partial charge < -0.3 is 9.64 Å². The first-order valence-corrected chi connectivity index (χ1v) is 9.71. The Hall–Kier alpha value is -0.610. The lowest BCUT2D eigenvalue weighted by atomic mass is 9.97. The molecule has 1 saturated carbocycles. The predicted octanol–water partition coefficient (Wildman–Crippen LogP) is 5.52. The third kappa shape index (κ3) is 3.90. The molecule has 1 aromatic rings. The van der Waals surface area contributed by atoms with E-state index in [1.165, 1.54) is 32.1 Å². The molecule has 0 radical (unpaired) electrons. The minimum Gasteiger partial charge on any atom is -0.375 e. The SMILES string of the molecule is Cc1cc(N2CCC(OC3CCCCC3)CC2)c(F)c(Br)c1C. The van der Waals surface area contributed by atoms with E-state index < -0.39 is 0 Å². The summed E-state index contributed by atoms with van der Waals surface area (Å²) < 4.78 is 21.5. The molecule has 1 aliphatic heterocycles. The number of aryl methyl sites for hydroxylation is 1. The van der Waals surface area contributed by atoms with Gasteiger partial charge in [-0.3, -0.25) is 0 Å². The molecule has 2 nitrogen and oxygen atoms in total. The van der Waals surface area contributed by atoms with Crippen LogP contribution in [0.25, 0.3) is 0 Å². The van der Waals surface area contributed by atoms with Crippen molar-refractivity contribution in [3.05, 3.63) is 27.5 Å². The number of ether oxygens (including phenoxy) is 1. The largest absolute Gasteiger partial charge is 0.375 e. The van der Waals surface area contributed by atoms with Crippen LogP contribution < -0.4 is 4.90 Å². The highest BCUT2D eigenvalue weighted by molar-refractivity contribution is 9.10. The van der Waals surface area contributed by atoms with E-state index in [1.807, 2.05) is 19.9 Å². The second-order valence-corrected chi connectivity index (χ2v) is 7.84. The fourth-order valence-corrected chi connectivity index (χ4v) is 4.28. The van der Waals surface area contributed by atoms with E-state index in [9.17, 15) is 4.39 Å². The molecule has 0 spiro atoms. The van der Waals surface area contributed by atoms with E-state index in [4.69, 9.17) is 4.74 Å². The molecule has 1 saturated heterocycles. The summed E-state index contributed by atoms with van der Waals surface area (Å²) in [7, 11) is 0. The van der Waals surface area contributed by atoms with Crippen LogP contribution in [-0.4, -0.2) is 25.3 Å². The molecule has 0 amide bonds. The van der Waals surface area contributed by atoms with Gasteiger partial charge in [-0.25, -0.2) is 4.39 Å². The third-order valence-electron chi connectivity index (χ3n) is 5.41. The van der Waals surface area contributed by atoms with Crippen molar-refractivity contribution in [2.75, 3.05) is 18.0 Å². The zero-order chi connectivity index (χ0) is 16.4. The number of hydrogen-bond donors (Lipinski definition) is 0. The minimum atomic E-state index is -0.125. The Balaban J connectivity index is 1.60. The van der Waals surface area contributed by atoms with Crippen LogP contribution in [0.4, 0.5) is 10.1 Å². The lowest BCUT2D eigenvalue weighted by Gasteiger charge is -2.36. The normalized spacial score (nSPS) is 21.0. The zero-order valence-corrected chi connectivity index (χ0v) is 15.8. The highest BCUT2D eigenvalue weighted by atomic mass is 79.9. The van der Waals surface area contributed by atoms with Gasteiger partial charge in [-0.15, -0.1) is 0 Å². The van der Waals surface area contributed by atoms with Crippen LogP contribution in [0.3, 0.4) is 0 Å². The first-order chi connectivity index (χ1) is 11.1. The van der Waals surface area contributed by atoms with Gasteiger partial charge in [0, 0.05) is 13.1 Å². The van der Waals surface area contributed by atoms with Crippen molar-refractivity contribution in [2.24, 2.45) is 0 Å². The van der Waals surface area contributed by atoms with Gasteiger partial charge in [0.25, 0.3) is 0 Å². The molecular formula is C19H27BrFNO. The smallest absolute Gasteiger partial charge is 0.160 e. The van der Waals surface area contributed by atoms with E-state index in [0.717, 1.165) is 42.7 Å². The number of benzene rings is 1. The highest BCUT2D eigenvalue weighted by Crippen LogP contribution is 2.34. The van der Waals surface area contributed by atoms with Crippen LogP contribution in [0.5, 0.6) is 0 Å². The monoisotopic (exact) mass is 383 g/mol. The van der Waals surface area contributed by atoms with Crippen molar-refractivity contribution in [3.8, 4) is 0 Å². The van der Waals surface area contributed by atoms with Crippen molar-refractivity contribution in [1.29, 1.82) is 0 Å². The summed E-state index contributed by atoms with van der Waals surface area (Å²) >= 11 is 3.40. The van der Waals surface area contributed by atoms with E-state index in [2.05, 4.69) is 20.8 Å². The Morgan fingerprint density at radius 1 is 1.04 bits per heavy atom. The molecule has 3 rings (SSSR count). The van der Waals surface area contributed by atoms with Crippen molar-refractivity contribution in [2.45, 2.75) is 71.0 Å². The Bertz CT molecular complexity index is 549. The summed E-state index contributed by atoms with van der Waals surface area (Å²) in [6, 6.07) is 1.98.